The van der Waals surface area contributed by atoms with Crippen molar-refractivity contribution in [2.75, 3.05) is 11.5 Å². The van der Waals surface area contributed by atoms with Gasteiger partial charge in [0.25, 0.3) is 0 Å². The zero-order valence-corrected chi connectivity index (χ0v) is 12.3. The van der Waals surface area contributed by atoms with E-state index in [-0.39, 0.29) is 0 Å². The molecule has 0 amide bonds. The molecule has 0 fully saturated rings. The van der Waals surface area contributed by atoms with Crippen molar-refractivity contribution in [1.29, 1.82) is 0 Å². The number of hydrogen-bond acceptors (Lipinski definition) is 9. The zero-order valence-electron chi connectivity index (χ0n) is 12.3. The van der Waals surface area contributed by atoms with Gasteiger partial charge < -0.3 is 11.5 Å². The monoisotopic (exact) mass is 443 g/mol. The summed E-state index contributed by atoms with van der Waals surface area (Å²) in [7, 11) is 0. The molecule has 162 valence electrons. The molecule has 0 aromatic carbocycles. The third kappa shape index (κ3) is 7.74. The van der Waals surface area contributed by atoms with Crippen LogP contribution in [0.5, 0.6) is 0 Å². The van der Waals surface area contributed by atoms with Gasteiger partial charge in [-0.1, -0.05) is 0 Å². The highest BCUT2D eigenvalue weighted by Crippen LogP contribution is 2.40. The lowest BCUT2D eigenvalue weighted by Gasteiger charge is -2.27. The Morgan fingerprint density at radius 2 is 0.893 bits per heavy atom. The van der Waals surface area contributed by atoms with Crippen LogP contribution >= 0.6 is 0 Å². The normalized spacial score (nSPS) is 14.4. The predicted octanol–water partition coefficient (Wildman–Crippen LogP) is 2.32. The number of nitrogens with zero attached hydrogens (tertiary/aromatic N) is 3. The minimum atomic E-state index is -6.34. The van der Waals surface area contributed by atoms with Gasteiger partial charge in [0, 0.05) is 0 Å². The first-order valence-electron chi connectivity index (χ1n) is 5.88. The second kappa shape index (κ2) is 7.25. The van der Waals surface area contributed by atoms with Crippen LogP contribution in [-0.2, 0) is 25.1 Å². The van der Waals surface area contributed by atoms with Crippen molar-refractivity contribution in [3.05, 3.63) is 5.82 Å². The van der Waals surface area contributed by atoms with Crippen molar-refractivity contribution in [2.24, 2.45) is 0 Å². The van der Waals surface area contributed by atoms with Crippen molar-refractivity contribution in [3.63, 3.8) is 0 Å². The predicted molar refractivity (Wildman–Crippen MR) is 57.8 cm³/mol. The minimum Gasteiger partial charge on any atom is -0.368 e. The third-order valence-electron chi connectivity index (χ3n) is 1.89. The van der Waals surface area contributed by atoms with Crippen LogP contribution in [0.15, 0.2) is 0 Å². The Labute approximate surface area is 144 Å². The molecular weight excluding hydrogens is 439 g/mol. The molecule has 4 N–H and O–H groups in total. The van der Waals surface area contributed by atoms with Gasteiger partial charge in [0.1, 0.15) is 0 Å². The molecule has 0 unspecified atom stereocenters. The van der Waals surface area contributed by atoms with Crippen molar-refractivity contribution in [2.45, 2.75) is 31.4 Å². The molecule has 1 aromatic rings. The third-order valence-corrected chi connectivity index (χ3v) is 1.89. The lowest BCUT2D eigenvalue weighted by molar-refractivity contribution is -0.611. The summed E-state index contributed by atoms with van der Waals surface area (Å²) < 4.78 is 147. The molecule has 9 nitrogen and oxygen atoms in total. The van der Waals surface area contributed by atoms with E-state index in [0.29, 0.717) is 0 Å². The lowest BCUT2D eigenvalue weighted by atomic mass is 10.5. The number of halogens is 11. The summed E-state index contributed by atoms with van der Waals surface area (Å²) in [4.78, 5) is 8.20. The molecule has 20 heteroatoms. The highest BCUT2D eigenvalue weighted by atomic mass is 19.4. The van der Waals surface area contributed by atoms with Crippen LogP contribution in [0.25, 0.3) is 0 Å². The molecule has 0 aliphatic heterocycles. The number of ether oxygens (including phenoxy) is 4. The van der Waals surface area contributed by atoms with E-state index in [1.165, 1.54) is 0 Å². The standard InChI is InChI=1S/C8H4F11N5O4/c9-4(10,1-22-2(20)24-3(21)23-1)25-6(14,15)27-8(18,19)28-7(16,17)26-5(11,12)13/h(H4,20,21,22,23,24). The number of anilines is 2. The van der Waals surface area contributed by atoms with E-state index in [2.05, 4.69) is 24.4 Å². The van der Waals surface area contributed by atoms with E-state index in [1.54, 1.807) is 4.74 Å². The molecule has 1 aromatic heterocycles. The van der Waals surface area contributed by atoms with Gasteiger partial charge in [-0.3, -0.25) is 0 Å². The fourth-order valence-corrected chi connectivity index (χ4v) is 1.21. The molecule has 0 spiro atoms. The molecule has 28 heavy (non-hydrogen) atoms. The highest BCUT2D eigenvalue weighted by molar-refractivity contribution is 5.26. The first kappa shape index (κ1) is 23.7. The van der Waals surface area contributed by atoms with Crippen LogP contribution in [0.2, 0.25) is 0 Å². The van der Waals surface area contributed by atoms with E-state index >= 15 is 0 Å². The Hall–Kier alpha value is -2.32. The van der Waals surface area contributed by atoms with Crippen LogP contribution in [0.4, 0.5) is 60.2 Å². The zero-order chi connectivity index (χ0) is 22.2. The maximum atomic E-state index is 13.5. The largest absolute Gasteiger partial charge is 0.529 e. The topological polar surface area (TPSA) is 128 Å². The van der Waals surface area contributed by atoms with Crippen LogP contribution in [0, 0.1) is 0 Å². The van der Waals surface area contributed by atoms with Gasteiger partial charge in [-0.05, 0) is 0 Å². The van der Waals surface area contributed by atoms with Gasteiger partial charge in [0.2, 0.25) is 17.7 Å². The molecule has 1 heterocycles. The van der Waals surface area contributed by atoms with E-state index in [9.17, 15) is 48.3 Å². The summed E-state index contributed by atoms with van der Waals surface area (Å²) >= 11 is 0. The number of nitrogen functional groups attached to an aromatic ring is 2. The van der Waals surface area contributed by atoms with Crippen molar-refractivity contribution in [1.82, 2.24) is 15.0 Å². The maximum absolute atomic E-state index is 13.5. The lowest BCUT2D eigenvalue weighted by Crippen LogP contribution is -2.46. The Bertz CT molecular complexity index is 680. The summed E-state index contributed by atoms with van der Waals surface area (Å²) in [6, 6.07) is 0. The Kier molecular flexibility index (Phi) is 6.14. The highest BCUT2D eigenvalue weighted by Gasteiger charge is 2.60. The quantitative estimate of drug-likeness (QED) is 0.460. The van der Waals surface area contributed by atoms with Crippen LogP contribution in [-0.4, -0.2) is 40.2 Å². The average Bonchev–Trinajstić information content (AvgIpc) is 2.28. The Balaban J connectivity index is 2.93. The molecule has 0 atom stereocenters. The van der Waals surface area contributed by atoms with Gasteiger partial charge in [0.15, 0.2) is 0 Å². The smallest absolute Gasteiger partial charge is 0.368 e. The molecule has 0 aliphatic rings. The van der Waals surface area contributed by atoms with Crippen molar-refractivity contribution < 1.29 is 67.2 Å². The fourth-order valence-electron chi connectivity index (χ4n) is 1.21. The van der Waals surface area contributed by atoms with Gasteiger partial charge >= 0.3 is 31.4 Å². The van der Waals surface area contributed by atoms with Crippen molar-refractivity contribution >= 4 is 11.9 Å². The van der Waals surface area contributed by atoms with Gasteiger partial charge in [-0.15, -0.1) is 39.5 Å². The molecule has 0 saturated carbocycles. The summed E-state index contributed by atoms with van der Waals surface area (Å²) in [5.41, 5.74) is 9.72. The summed E-state index contributed by atoms with van der Waals surface area (Å²) in [6.45, 7) is 0. The van der Waals surface area contributed by atoms with Crippen LogP contribution in [0.1, 0.15) is 5.82 Å². The molecule has 0 bridgehead atoms. The number of nitrogens with two attached hydrogens (primary N) is 2. The van der Waals surface area contributed by atoms with Gasteiger partial charge in [-0.2, -0.15) is 28.5 Å². The Morgan fingerprint density at radius 3 is 1.29 bits per heavy atom. The van der Waals surface area contributed by atoms with E-state index in [0.717, 1.165) is 0 Å². The van der Waals surface area contributed by atoms with Crippen molar-refractivity contribution in [3.8, 4) is 0 Å². The van der Waals surface area contributed by atoms with Crippen LogP contribution in [0.3, 0.4) is 0 Å². The number of aromatic nitrogens is 3. The molecule has 1 rings (SSSR count). The number of hydrogen-bond donors (Lipinski definition) is 2. The summed E-state index contributed by atoms with van der Waals surface area (Å²) in [6.07, 6.45) is -30.4. The van der Waals surface area contributed by atoms with Gasteiger partial charge in [-0.25, -0.2) is 14.2 Å². The summed E-state index contributed by atoms with van der Waals surface area (Å²) in [5.74, 6) is -4.14. The number of alkyl halides is 11. The average molecular weight is 443 g/mol. The SMILES string of the molecule is Nc1nc(N)nc(C(F)(F)OC(F)(F)OC(F)(F)OC(F)(F)OC(F)(F)F)n1. The van der Waals surface area contributed by atoms with Crippen LogP contribution < -0.4 is 11.5 Å². The van der Waals surface area contributed by atoms with E-state index in [1.807, 2.05) is 4.74 Å². The second-order valence-corrected chi connectivity index (χ2v) is 4.14. The maximum Gasteiger partial charge on any atom is 0.529 e. The molecular formula is C8H4F11N5O4. The summed E-state index contributed by atoms with van der Waals surface area (Å²) in [5, 5.41) is 0. The molecule has 0 radical (unpaired) electrons. The second-order valence-electron chi connectivity index (χ2n) is 4.14. The van der Waals surface area contributed by atoms with E-state index < -0.39 is 49.1 Å². The Morgan fingerprint density at radius 1 is 0.536 bits per heavy atom. The molecule has 0 aliphatic carbocycles. The first-order chi connectivity index (χ1) is 12.2. The first-order valence-corrected chi connectivity index (χ1v) is 5.88. The number of rotatable bonds is 8. The van der Waals surface area contributed by atoms with E-state index in [4.69, 9.17) is 11.5 Å². The molecule has 0 saturated heterocycles. The fraction of sp³-hybridized carbons (Fsp3) is 0.625. The van der Waals surface area contributed by atoms with Gasteiger partial charge in [0.05, 0.1) is 0 Å². The minimum absolute atomic E-state index is 1.05.